The predicted molar refractivity (Wildman–Crippen MR) is 58.5 cm³/mol. The van der Waals surface area contributed by atoms with E-state index in [1.165, 1.54) is 0 Å². The van der Waals surface area contributed by atoms with Crippen molar-refractivity contribution in [2.45, 2.75) is 32.3 Å². The topological polar surface area (TPSA) is 59.4 Å². The van der Waals surface area contributed by atoms with Gasteiger partial charge in [0.2, 0.25) is 5.88 Å². The van der Waals surface area contributed by atoms with Crippen LogP contribution in [0.2, 0.25) is 0 Å². The first-order valence-electron chi connectivity index (χ1n) is 5.44. The molecule has 0 saturated heterocycles. The van der Waals surface area contributed by atoms with E-state index >= 15 is 0 Å². The van der Waals surface area contributed by atoms with Crippen LogP contribution in [0, 0.1) is 5.92 Å². The molecule has 0 radical (unpaired) electrons. The van der Waals surface area contributed by atoms with E-state index < -0.39 is 5.97 Å². The van der Waals surface area contributed by atoms with Crippen molar-refractivity contribution < 1.29 is 14.6 Å². The molecule has 1 aromatic rings. The number of pyridine rings is 1. The van der Waals surface area contributed by atoms with Gasteiger partial charge in [0.25, 0.3) is 0 Å². The zero-order valence-electron chi connectivity index (χ0n) is 9.38. The molecule has 86 valence electrons. The molecule has 16 heavy (non-hydrogen) atoms. The molecular formula is C12H15NO3. The summed E-state index contributed by atoms with van der Waals surface area (Å²) in [5.41, 5.74) is 0.825. The second-order valence-corrected chi connectivity index (χ2v) is 4.35. The van der Waals surface area contributed by atoms with Crippen LogP contribution in [0.15, 0.2) is 18.2 Å². The van der Waals surface area contributed by atoms with Gasteiger partial charge in [0.15, 0.2) is 0 Å². The van der Waals surface area contributed by atoms with E-state index in [1.807, 2.05) is 26.0 Å². The summed E-state index contributed by atoms with van der Waals surface area (Å²) in [4.78, 5) is 15.1. The molecule has 2 atom stereocenters. The van der Waals surface area contributed by atoms with Crippen molar-refractivity contribution in [2.75, 3.05) is 0 Å². The van der Waals surface area contributed by atoms with Crippen molar-refractivity contribution in [3.63, 3.8) is 0 Å². The third kappa shape index (κ3) is 2.32. The van der Waals surface area contributed by atoms with Crippen LogP contribution in [0.5, 0.6) is 5.88 Å². The second kappa shape index (κ2) is 4.12. The van der Waals surface area contributed by atoms with E-state index in [4.69, 9.17) is 9.84 Å². The highest BCUT2D eigenvalue weighted by molar-refractivity contribution is 5.75. The van der Waals surface area contributed by atoms with Gasteiger partial charge in [-0.05, 0) is 26.3 Å². The van der Waals surface area contributed by atoms with Gasteiger partial charge in [0, 0.05) is 17.7 Å². The number of nitrogens with zero attached hydrogens (tertiary/aromatic N) is 1. The van der Waals surface area contributed by atoms with Crippen LogP contribution in [-0.4, -0.2) is 22.2 Å². The second-order valence-electron chi connectivity index (χ2n) is 4.35. The molecule has 0 unspecified atom stereocenters. The van der Waals surface area contributed by atoms with Crippen LogP contribution in [0.25, 0.3) is 0 Å². The summed E-state index contributed by atoms with van der Waals surface area (Å²) in [6.07, 6.45) is 0.769. The minimum absolute atomic E-state index is 0.0632. The fourth-order valence-electron chi connectivity index (χ4n) is 1.74. The van der Waals surface area contributed by atoms with E-state index in [2.05, 4.69) is 4.98 Å². The molecule has 0 aromatic carbocycles. The zero-order valence-corrected chi connectivity index (χ0v) is 9.38. The molecule has 2 rings (SSSR count). The lowest BCUT2D eigenvalue weighted by Gasteiger charge is -2.09. The molecule has 4 nitrogen and oxygen atoms in total. The Balaban J connectivity index is 2.09. The first kappa shape index (κ1) is 10.9. The minimum Gasteiger partial charge on any atom is -0.481 e. The molecule has 1 N–H and O–H groups in total. The average molecular weight is 221 g/mol. The molecule has 1 saturated carbocycles. The quantitative estimate of drug-likeness (QED) is 0.845. The van der Waals surface area contributed by atoms with Crippen molar-refractivity contribution in [1.29, 1.82) is 0 Å². The summed E-state index contributed by atoms with van der Waals surface area (Å²) in [5, 5.41) is 8.84. The Labute approximate surface area is 94.3 Å². The van der Waals surface area contributed by atoms with Crippen molar-refractivity contribution in [3.05, 3.63) is 23.9 Å². The number of carboxylic acid groups (broad SMARTS) is 1. The Morgan fingerprint density at radius 2 is 2.31 bits per heavy atom. The van der Waals surface area contributed by atoms with Gasteiger partial charge in [-0.2, -0.15) is 0 Å². The number of aromatic nitrogens is 1. The Bertz CT molecular complexity index is 403. The third-order valence-electron chi connectivity index (χ3n) is 2.59. The zero-order chi connectivity index (χ0) is 11.7. The fourth-order valence-corrected chi connectivity index (χ4v) is 1.74. The maximum absolute atomic E-state index is 10.7. The lowest BCUT2D eigenvalue weighted by molar-refractivity contribution is -0.138. The number of carbonyl (C=O) groups is 1. The van der Waals surface area contributed by atoms with Crippen molar-refractivity contribution in [1.82, 2.24) is 4.98 Å². The Morgan fingerprint density at radius 1 is 1.56 bits per heavy atom. The van der Waals surface area contributed by atoms with Gasteiger partial charge in [-0.1, -0.05) is 6.07 Å². The maximum atomic E-state index is 10.7. The molecule has 0 spiro atoms. The van der Waals surface area contributed by atoms with Gasteiger partial charge < -0.3 is 9.84 Å². The average Bonchev–Trinajstić information content (AvgIpc) is 2.96. The molecule has 0 aliphatic heterocycles. The number of carboxylic acids is 1. The van der Waals surface area contributed by atoms with Crippen LogP contribution in [-0.2, 0) is 4.79 Å². The molecule has 4 heteroatoms. The lowest BCUT2D eigenvalue weighted by Crippen LogP contribution is -2.07. The van der Waals surface area contributed by atoms with Crippen LogP contribution in [0.3, 0.4) is 0 Å². The standard InChI is InChI=1S/C12H15NO3/c1-7(2)16-11-5-3-4-10(13-11)8-6-9(8)12(14)15/h3-5,7-9H,6H2,1-2H3,(H,14,15)/t8-,9-/m1/s1. The Morgan fingerprint density at radius 3 is 2.88 bits per heavy atom. The normalized spacial score (nSPS) is 23.2. The SMILES string of the molecule is CC(C)Oc1cccc([C@@H]2C[C@H]2C(=O)O)n1. The monoisotopic (exact) mass is 221 g/mol. The Kier molecular flexibility index (Phi) is 2.81. The van der Waals surface area contributed by atoms with Gasteiger partial charge in [-0.25, -0.2) is 4.98 Å². The van der Waals surface area contributed by atoms with Crippen molar-refractivity contribution >= 4 is 5.97 Å². The number of ether oxygens (including phenoxy) is 1. The first-order chi connectivity index (χ1) is 7.58. The molecule has 1 fully saturated rings. The first-order valence-corrected chi connectivity index (χ1v) is 5.44. The molecule has 1 aliphatic rings. The summed E-state index contributed by atoms with van der Waals surface area (Å²) in [5.74, 6) is -0.361. The van der Waals surface area contributed by atoms with Gasteiger partial charge in [-0.3, -0.25) is 4.79 Å². The predicted octanol–water partition coefficient (Wildman–Crippen LogP) is 2.06. The minimum atomic E-state index is -0.734. The summed E-state index contributed by atoms with van der Waals surface area (Å²) < 4.78 is 5.47. The highest BCUT2D eigenvalue weighted by atomic mass is 16.5. The third-order valence-corrected chi connectivity index (χ3v) is 2.59. The van der Waals surface area contributed by atoms with E-state index in [0.717, 1.165) is 5.69 Å². The summed E-state index contributed by atoms with van der Waals surface area (Å²) >= 11 is 0. The number of hydrogen-bond acceptors (Lipinski definition) is 3. The van der Waals surface area contributed by atoms with Gasteiger partial charge in [0.05, 0.1) is 12.0 Å². The highest BCUT2D eigenvalue weighted by Gasteiger charge is 2.45. The van der Waals surface area contributed by atoms with E-state index in [1.54, 1.807) is 6.07 Å². The van der Waals surface area contributed by atoms with Gasteiger partial charge in [-0.15, -0.1) is 0 Å². The Hall–Kier alpha value is -1.58. The smallest absolute Gasteiger partial charge is 0.307 e. The fraction of sp³-hybridized carbons (Fsp3) is 0.500. The number of aliphatic carboxylic acids is 1. The number of hydrogen-bond donors (Lipinski definition) is 1. The largest absolute Gasteiger partial charge is 0.481 e. The maximum Gasteiger partial charge on any atom is 0.307 e. The van der Waals surface area contributed by atoms with E-state index in [-0.39, 0.29) is 17.9 Å². The van der Waals surface area contributed by atoms with Crippen molar-refractivity contribution in [2.24, 2.45) is 5.92 Å². The summed E-state index contributed by atoms with van der Waals surface area (Å²) in [7, 11) is 0. The van der Waals surface area contributed by atoms with Crippen molar-refractivity contribution in [3.8, 4) is 5.88 Å². The molecule has 1 aromatic heterocycles. The van der Waals surface area contributed by atoms with E-state index in [0.29, 0.717) is 12.3 Å². The summed E-state index contributed by atoms with van der Waals surface area (Å²) in [6.45, 7) is 3.87. The van der Waals surface area contributed by atoms with E-state index in [9.17, 15) is 4.79 Å². The molecule has 0 amide bonds. The number of rotatable bonds is 4. The van der Waals surface area contributed by atoms with Gasteiger partial charge >= 0.3 is 5.97 Å². The molecule has 0 bridgehead atoms. The van der Waals surface area contributed by atoms with Crippen LogP contribution in [0.4, 0.5) is 0 Å². The van der Waals surface area contributed by atoms with Crippen LogP contribution in [0.1, 0.15) is 31.9 Å². The lowest BCUT2D eigenvalue weighted by atomic mass is 10.2. The summed E-state index contributed by atoms with van der Waals surface area (Å²) in [6, 6.07) is 5.51. The van der Waals surface area contributed by atoms with Crippen LogP contribution >= 0.6 is 0 Å². The molecular weight excluding hydrogens is 206 g/mol. The van der Waals surface area contributed by atoms with Gasteiger partial charge in [0.1, 0.15) is 0 Å². The highest BCUT2D eigenvalue weighted by Crippen LogP contribution is 2.46. The molecule has 1 heterocycles. The molecule has 1 aliphatic carbocycles. The van der Waals surface area contributed by atoms with Crippen LogP contribution < -0.4 is 4.74 Å².